The normalized spacial score (nSPS) is 10.6. The van der Waals surface area contributed by atoms with E-state index in [1.807, 2.05) is 37.4 Å². The van der Waals surface area contributed by atoms with Crippen molar-refractivity contribution in [1.29, 1.82) is 0 Å². The van der Waals surface area contributed by atoms with Gasteiger partial charge in [-0.2, -0.15) is 0 Å². The maximum Gasteiger partial charge on any atom is 0.180 e. The first-order valence-electron chi connectivity index (χ1n) is 6.52. The number of rotatable bonds is 4. The van der Waals surface area contributed by atoms with Gasteiger partial charge in [0.25, 0.3) is 0 Å². The van der Waals surface area contributed by atoms with Crippen molar-refractivity contribution in [2.45, 2.75) is 0 Å². The van der Waals surface area contributed by atoms with Crippen LogP contribution in [0.5, 0.6) is 11.5 Å². The van der Waals surface area contributed by atoms with Gasteiger partial charge in [-0.05, 0) is 30.3 Å². The van der Waals surface area contributed by atoms with Gasteiger partial charge in [0.1, 0.15) is 11.6 Å². The Morgan fingerprint density at radius 1 is 1.00 bits per heavy atom. The maximum absolute atomic E-state index is 5.32. The summed E-state index contributed by atoms with van der Waals surface area (Å²) < 4.78 is 10.6. The summed E-state index contributed by atoms with van der Waals surface area (Å²) in [6.45, 7) is 0. The van der Waals surface area contributed by atoms with Gasteiger partial charge in [0.15, 0.2) is 17.1 Å². The highest BCUT2D eigenvalue weighted by molar-refractivity contribution is 5.78. The van der Waals surface area contributed by atoms with E-state index in [4.69, 9.17) is 9.47 Å². The number of aromatic nitrogens is 3. The van der Waals surface area contributed by atoms with Gasteiger partial charge < -0.3 is 19.8 Å². The molecule has 0 unspecified atom stereocenters. The van der Waals surface area contributed by atoms with Crippen LogP contribution in [-0.4, -0.2) is 36.2 Å². The lowest BCUT2D eigenvalue weighted by atomic mass is 10.2. The number of aromatic amines is 1. The van der Waals surface area contributed by atoms with Crippen LogP contribution in [0.15, 0.2) is 30.3 Å². The fraction of sp³-hybridized carbons (Fsp3) is 0.200. The molecular formula is C15H16N4O2. The summed E-state index contributed by atoms with van der Waals surface area (Å²) in [7, 11) is 5.05. The molecule has 21 heavy (non-hydrogen) atoms. The minimum Gasteiger partial charge on any atom is -0.493 e. The van der Waals surface area contributed by atoms with Gasteiger partial charge in [-0.1, -0.05) is 0 Å². The van der Waals surface area contributed by atoms with Crippen molar-refractivity contribution < 1.29 is 9.47 Å². The van der Waals surface area contributed by atoms with E-state index >= 15 is 0 Å². The molecule has 2 heterocycles. The zero-order valence-corrected chi connectivity index (χ0v) is 12.1. The molecular weight excluding hydrogens is 268 g/mol. The Balaban J connectivity index is 2.07. The summed E-state index contributed by atoms with van der Waals surface area (Å²) in [6, 6.07) is 9.52. The topological polar surface area (TPSA) is 72.1 Å². The van der Waals surface area contributed by atoms with Gasteiger partial charge in [-0.25, -0.2) is 9.97 Å². The molecule has 3 rings (SSSR count). The Morgan fingerprint density at radius 3 is 2.52 bits per heavy atom. The van der Waals surface area contributed by atoms with Crippen molar-refractivity contribution in [3.63, 3.8) is 0 Å². The lowest BCUT2D eigenvalue weighted by molar-refractivity contribution is 0.355. The Hall–Kier alpha value is -2.76. The van der Waals surface area contributed by atoms with E-state index in [-0.39, 0.29) is 0 Å². The number of methoxy groups -OCH3 is 2. The number of nitrogens with zero attached hydrogens (tertiary/aromatic N) is 2. The molecule has 1 aromatic carbocycles. The zero-order valence-electron chi connectivity index (χ0n) is 12.1. The van der Waals surface area contributed by atoms with Gasteiger partial charge in [-0.3, -0.25) is 0 Å². The molecule has 0 atom stereocenters. The molecule has 6 heteroatoms. The second-order valence-corrected chi connectivity index (χ2v) is 4.47. The number of hydrogen-bond acceptors (Lipinski definition) is 5. The number of imidazole rings is 1. The predicted octanol–water partition coefficient (Wildman–Crippen LogP) is 2.68. The largest absolute Gasteiger partial charge is 0.493 e. The summed E-state index contributed by atoms with van der Waals surface area (Å²) >= 11 is 0. The van der Waals surface area contributed by atoms with Crippen molar-refractivity contribution in [2.24, 2.45) is 0 Å². The van der Waals surface area contributed by atoms with Crippen molar-refractivity contribution in [2.75, 3.05) is 26.6 Å². The fourth-order valence-electron chi connectivity index (χ4n) is 2.15. The molecule has 0 aliphatic heterocycles. The number of anilines is 1. The maximum atomic E-state index is 5.32. The molecule has 2 N–H and O–H groups in total. The minimum absolute atomic E-state index is 0.666. The van der Waals surface area contributed by atoms with E-state index in [1.54, 1.807) is 14.2 Å². The SMILES string of the molecule is CNc1ccc2[nH]c(-c3ccc(OC)c(OC)c3)nc2n1. The van der Waals surface area contributed by atoms with Crippen LogP contribution in [0.2, 0.25) is 0 Å². The van der Waals surface area contributed by atoms with E-state index in [9.17, 15) is 0 Å². The number of pyridine rings is 1. The van der Waals surface area contributed by atoms with Crippen molar-refractivity contribution in [1.82, 2.24) is 15.0 Å². The smallest absolute Gasteiger partial charge is 0.180 e. The molecule has 0 saturated heterocycles. The van der Waals surface area contributed by atoms with E-state index in [0.29, 0.717) is 17.1 Å². The van der Waals surface area contributed by atoms with Gasteiger partial charge in [0.2, 0.25) is 0 Å². The summed E-state index contributed by atoms with van der Waals surface area (Å²) in [4.78, 5) is 12.2. The Bertz CT molecular complexity index is 782. The highest BCUT2D eigenvalue weighted by Crippen LogP contribution is 2.31. The molecule has 3 aromatic rings. The van der Waals surface area contributed by atoms with Gasteiger partial charge in [-0.15, -0.1) is 0 Å². The highest BCUT2D eigenvalue weighted by atomic mass is 16.5. The number of benzene rings is 1. The standard InChI is InChI=1S/C15H16N4O2/c1-16-13-7-5-10-15(18-13)19-14(17-10)9-4-6-11(20-2)12(8-9)21-3/h4-8H,1-3H3,(H2,16,17,18,19). The molecule has 0 radical (unpaired) electrons. The Labute approximate surface area is 122 Å². The average Bonchev–Trinajstić information content (AvgIpc) is 2.96. The lowest BCUT2D eigenvalue weighted by Crippen LogP contribution is -1.91. The number of nitrogens with one attached hydrogen (secondary N) is 2. The molecule has 0 bridgehead atoms. The van der Waals surface area contributed by atoms with E-state index in [0.717, 1.165) is 22.7 Å². The third-order valence-electron chi connectivity index (χ3n) is 3.26. The van der Waals surface area contributed by atoms with Crippen molar-refractivity contribution in [3.8, 4) is 22.9 Å². The van der Waals surface area contributed by atoms with Crippen LogP contribution >= 0.6 is 0 Å². The predicted molar refractivity (Wildman–Crippen MR) is 82.0 cm³/mol. The van der Waals surface area contributed by atoms with Crippen molar-refractivity contribution >= 4 is 17.0 Å². The first kappa shape index (κ1) is 13.2. The summed E-state index contributed by atoms with van der Waals surface area (Å²) in [5, 5.41) is 3.00. The fourth-order valence-corrected chi connectivity index (χ4v) is 2.15. The Kier molecular flexibility index (Phi) is 3.35. The van der Waals surface area contributed by atoms with Gasteiger partial charge >= 0.3 is 0 Å². The summed E-state index contributed by atoms with van der Waals surface area (Å²) in [6.07, 6.45) is 0. The van der Waals surface area contributed by atoms with Crippen LogP contribution in [-0.2, 0) is 0 Å². The first-order valence-corrected chi connectivity index (χ1v) is 6.52. The van der Waals surface area contributed by atoms with Crippen LogP contribution < -0.4 is 14.8 Å². The number of fused-ring (bicyclic) bond motifs is 1. The molecule has 108 valence electrons. The molecule has 0 fully saturated rings. The number of H-pyrrole nitrogens is 1. The second kappa shape index (κ2) is 5.32. The quantitative estimate of drug-likeness (QED) is 0.770. The van der Waals surface area contributed by atoms with Crippen LogP contribution in [0, 0.1) is 0 Å². The average molecular weight is 284 g/mol. The van der Waals surface area contributed by atoms with E-state index in [1.165, 1.54) is 0 Å². The zero-order chi connectivity index (χ0) is 14.8. The van der Waals surface area contributed by atoms with Gasteiger partial charge in [0.05, 0.1) is 19.7 Å². The minimum atomic E-state index is 0.666. The summed E-state index contributed by atoms with van der Waals surface area (Å²) in [5.74, 6) is 2.88. The third-order valence-corrected chi connectivity index (χ3v) is 3.26. The summed E-state index contributed by atoms with van der Waals surface area (Å²) in [5.41, 5.74) is 2.47. The molecule has 0 saturated carbocycles. The lowest BCUT2D eigenvalue weighted by Gasteiger charge is -2.08. The highest BCUT2D eigenvalue weighted by Gasteiger charge is 2.10. The van der Waals surface area contributed by atoms with Crippen LogP contribution in [0.4, 0.5) is 5.82 Å². The molecule has 0 spiro atoms. The van der Waals surface area contributed by atoms with Crippen molar-refractivity contribution in [3.05, 3.63) is 30.3 Å². The Morgan fingerprint density at radius 2 is 1.81 bits per heavy atom. The molecule has 0 aliphatic carbocycles. The molecule has 0 aliphatic rings. The number of ether oxygens (including phenoxy) is 2. The second-order valence-electron chi connectivity index (χ2n) is 4.47. The van der Waals surface area contributed by atoms with Gasteiger partial charge in [0, 0.05) is 12.6 Å². The molecule has 0 amide bonds. The van der Waals surface area contributed by atoms with E-state index < -0.39 is 0 Å². The monoisotopic (exact) mass is 284 g/mol. The number of hydrogen-bond donors (Lipinski definition) is 2. The van der Waals surface area contributed by atoms with E-state index in [2.05, 4.69) is 20.3 Å². The molecule has 2 aromatic heterocycles. The first-order chi connectivity index (χ1) is 10.2. The molecule has 6 nitrogen and oxygen atoms in total. The van der Waals surface area contributed by atoms with Crippen LogP contribution in [0.3, 0.4) is 0 Å². The third kappa shape index (κ3) is 2.35. The van der Waals surface area contributed by atoms with Crippen LogP contribution in [0.25, 0.3) is 22.6 Å². The van der Waals surface area contributed by atoms with Crippen LogP contribution in [0.1, 0.15) is 0 Å².